The van der Waals surface area contributed by atoms with E-state index >= 15 is 0 Å². The molecule has 0 aromatic rings. The Hall–Kier alpha value is -0.0400. The molecule has 16 heavy (non-hydrogen) atoms. The van der Waals surface area contributed by atoms with E-state index in [0.717, 1.165) is 17.9 Å². The third kappa shape index (κ3) is 2.61. The quantitative estimate of drug-likeness (QED) is 0.651. The second-order valence-corrected chi connectivity index (χ2v) is 8.14. The number of nitrogens with zero attached hydrogens (tertiary/aromatic N) is 1. The Morgan fingerprint density at radius 2 is 1.69 bits per heavy atom. The van der Waals surface area contributed by atoms with Crippen molar-refractivity contribution < 1.29 is 0 Å². The SMILES string of the molecule is CC(C)(C)CC1C2CC2CCN1C(C)(C)C. The molecule has 0 amide bonds. The molecule has 0 radical (unpaired) electrons. The van der Waals surface area contributed by atoms with E-state index in [9.17, 15) is 0 Å². The zero-order valence-corrected chi connectivity index (χ0v) is 12.0. The maximum atomic E-state index is 2.78. The van der Waals surface area contributed by atoms with Gasteiger partial charge in [0.05, 0.1) is 0 Å². The second-order valence-electron chi connectivity index (χ2n) is 8.14. The molecule has 2 fully saturated rings. The Bertz CT molecular complexity index is 256. The van der Waals surface area contributed by atoms with E-state index in [1.165, 1.54) is 25.8 Å². The highest BCUT2D eigenvalue weighted by atomic mass is 15.2. The second kappa shape index (κ2) is 3.73. The molecule has 0 bridgehead atoms. The van der Waals surface area contributed by atoms with Gasteiger partial charge in [-0.1, -0.05) is 20.8 Å². The predicted octanol–water partition coefficient (Wildman–Crippen LogP) is 3.93. The van der Waals surface area contributed by atoms with Crippen molar-refractivity contribution in [1.29, 1.82) is 0 Å². The fourth-order valence-corrected chi connectivity index (χ4v) is 3.50. The summed E-state index contributed by atoms with van der Waals surface area (Å²) < 4.78 is 0. The first-order chi connectivity index (χ1) is 7.18. The molecule has 1 heterocycles. The van der Waals surface area contributed by atoms with Crippen molar-refractivity contribution in [2.45, 2.75) is 72.4 Å². The van der Waals surface area contributed by atoms with Gasteiger partial charge in [-0.2, -0.15) is 0 Å². The normalized spacial score (nSPS) is 36.0. The molecule has 1 aliphatic heterocycles. The molecule has 0 N–H and O–H groups in total. The van der Waals surface area contributed by atoms with Crippen molar-refractivity contribution >= 4 is 0 Å². The van der Waals surface area contributed by atoms with Crippen LogP contribution in [0.5, 0.6) is 0 Å². The predicted molar refractivity (Wildman–Crippen MR) is 70.5 cm³/mol. The van der Waals surface area contributed by atoms with Crippen LogP contribution in [0, 0.1) is 17.3 Å². The number of hydrogen-bond acceptors (Lipinski definition) is 1. The van der Waals surface area contributed by atoms with Gasteiger partial charge in [0.1, 0.15) is 0 Å². The van der Waals surface area contributed by atoms with Crippen molar-refractivity contribution in [2.24, 2.45) is 17.3 Å². The number of hydrogen-bond donors (Lipinski definition) is 0. The topological polar surface area (TPSA) is 3.24 Å². The highest BCUT2D eigenvalue weighted by molar-refractivity contribution is 5.03. The Kier molecular flexibility index (Phi) is 2.89. The minimum Gasteiger partial charge on any atom is -0.295 e. The average molecular weight is 223 g/mol. The number of fused-ring (bicyclic) bond motifs is 1. The average Bonchev–Trinajstić information content (AvgIpc) is 2.77. The zero-order chi connectivity index (χ0) is 12.1. The standard InChI is InChI=1S/C15H29N/c1-14(2,3)10-13-12-9-11(12)7-8-16(13)15(4,5)6/h11-13H,7-10H2,1-6H3. The van der Waals surface area contributed by atoms with Crippen LogP contribution in [0.3, 0.4) is 0 Å². The molecule has 1 saturated carbocycles. The first kappa shape index (κ1) is 12.4. The maximum Gasteiger partial charge on any atom is 0.0136 e. The van der Waals surface area contributed by atoms with Crippen LogP contribution in [-0.4, -0.2) is 23.0 Å². The monoisotopic (exact) mass is 223 g/mol. The Labute approximate surface area is 102 Å². The molecular formula is C15H29N. The van der Waals surface area contributed by atoms with Crippen molar-refractivity contribution in [3.05, 3.63) is 0 Å². The van der Waals surface area contributed by atoms with Gasteiger partial charge in [-0.25, -0.2) is 0 Å². The molecular weight excluding hydrogens is 194 g/mol. The van der Waals surface area contributed by atoms with Crippen LogP contribution in [0.2, 0.25) is 0 Å². The van der Waals surface area contributed by atoms with Crippen LogP contribution in [0.15, 0.2) is 0 Å². The Morgan fingerprint density at radius 3 is 2.19 bits per heavy atom. The molecule has 0 spiro atoms. The summed E-state index contributed by atoms with van der Waals surface area (Å²) in [5.41, 5.74) is 0.822. The molecule has 94 valence electrons. The summed E-state index contributed by atoms with van der Waals surface area (Å²) in [6, 6.07) is 0.846. The summed E-state index contributed by atoms with van der Waals surface area (Å²) in [6.07, 6.45) is 4.32. The van der Waals surface area contributed by atoms with Gasteiger partial charge in [0.15, 0.2) is 0 Å². The van der Waals surface area contributed by atoms with Crippen LogP contribution in [0.1, 0.15) is 60.8 Å². The van der Waals surface area contributed by atoms with Gasteiger partial charge in [-0.3, -0.25) is 4.90 Å². The fourth-order valence-electron chi connectivity index (χ4n) is 3.50. The summed E-state index contributed by atoms with van der Waals surface area (Å²) in [5.74, 6) is 2.10. The summed E-state index contributed by atoms with van der Waals surface area (Å²) >= 11 is 0. The number of piperidine rings is 1. The summed E-state index contributed by atoms with van der Waals surface area (Å²) in [6.45, 7) is 15.6. The first-order valence-corrected chi connectivity index (χ1v) is 6.95. The van der Waals surface area contributed by atoms with Crippen LogP contribution < -0.4 is 0 Å². The largest absolute Gasteiger partial charge is 0.295 e. The fraction of sp³-hybridized carbons (Fsp3) is 1.00. The van der Waals surface area contributed by atoms with Gasteiger partial charge >= 0.3 is 0 Å². The van der Waals surface area contributed by atoms with Crippen LogP contribution in [0.25, 0.3) is 0 Å². The van der Waals surface area contributed by atoms with Crippen molar-refractivity contribution in [3.63, 3.8) is 0 Å². The van der Waals surface area contributed by atoms with E-state index in [1.807, 2.05) is 0 Å². The molecule has 1 aliphatic carbocycles. The lowest BCUT2D eigenvalue weighted by atomic mass is 9.82. The number of rotatable bonds is 1. The van der Waals surface area contributed by atoms with E-state index in [2.05, 4.69) is 46.4 Å². The van der Waals surface area contributed by atoms with Gasteiger partial charge in [-0.15, -0.1) is 0 Å². The number of likely N-dealkylation sites (tertiary alicyclic amines) is 1. The van der Waals surface area contributed by atoms with Gasteiger partial charge in [0.25, 0.3) is 0 Å². The van der Waals surface area contributed by atoms with Gasteiger partial charge in [-0.05, 0) is 63.8 Å². The zero-order valence-electron chi connectivity index (χ0n) is 12.0. The smallest absolute Gasteiger partial charge is 0.0136 e. The van der Waals surface area contributed by atoms with Gasteiger partial charge in [0, 0.05) is 11.6 Å². The van der Waals surface area contributed by atoms with Crippen LogP contribution in [-0.2, 0) is 0 Å². The van der Waals surface area contributed by atoms with Crippen LogP contribution in [0.4, 0.5) is 0 Å². The molecule has 1 saturated heterocycles. The molecule has 1 nitrogen and oxygen atoms in total. The third-order valence-corrected chi connectivity index (χ3v) is 4.30. The first-order valence-electron chi connectivity index (χ1n) is 6.95. The molecule has 0 aromatic heterocycles. The van der Waals surface area contributed by atoms with Gasteiger partial charge in [0.2, 0.25) is 0 Å². The molecule has 3 unspecified atom stereocenters. The van der Waals surface area contributed by atoms with E-state index < -0.39 is 0 Å². The summed E-state index contributed by atoms with van der Waals surface area (Å²) in [7, 11) is 0. The lowest BCUT2D eigenvalue weighted by molar-refractivity contribution is 0.0232. The maximum absolute atomic E-state index is 2.78. The molecule has 1 heteroatoms. The molecule has 2 aliphatic rings. The molecule has 0 aromatic carbocycles. The van der Waals surface area contributed by atoms with E-state index in [0.29, 0.717) is 11.0 Å². The van der Waals surface area contributed by atoms with Crippen LogP contribution >= 0.6 is 0 Å². The summed E-state index contributed by atoms with van der Waals surface area (Å²) in [5, 5.41) is 0. The Balaban J connectivity index is 2.10. The van der Waals surface area contributed by atoms with E-state index in [4.69, 9.17) is 0 Å². The minimum atomic E-state index is 0.351. The highest BCUT2D eigenvalue weighted by Gasteiger charge is 2.51. The van der Waals surface area contributed by atoms with Crippen molar-refractivity contribution in [1.82, 2.24) is 4.90 Å². The highest BCUT2D eigenvalue weighted by Crippen LogP contribution is 2.52. The lowest BCUT2D eigenvalue weighted by Crippen LogP contribution is -2.52. The summed E-state index contributed by atoms with van der Waals surface area (Å²) in [4.78, 5) is 2.78. The van der Waals surface area contributed by atoms with E-state index in [-0.39, 0.29) is 0 Å². The van der Waals surface area contributed by atoms with Crippen molar-refractivity contribution in [3.8, 4) is 0 Å². The third-order valence-electron chi connectivity index (χ3n) is 4.30. The van der Waals surface area contributed by atoms with Gasteiger partial charge < -0.3 is 0 Å². The lowest BCUT2D eigenvalue weighted by Gasteiger charge is -2.46. The minimum absolute atomic E-state index is 0.351. The molecule has 3 atom stereocenters. The van der Waals surface area contributed by atoms with E-state index in [1.54, 1.807) is 0 Å². The Morgan fingerprint density at radius 1 is 1.06 bits per heavy atom. The molecule has 2 rings (SSSR count). The van der Waals surface area contributed by atoms with Crippen molar-refractivity contribution in [2.75, 3.05) is 6.54 Å².